The summed E-state index contributed by atoms with van der Waals surface area (Å²) >= 11 is 11.7. The van der Waals surface area contributed by atoms with Crippen molar-refractivity contribution in [3.05, 3.63) is 52.4 Å². The highest BCUT2D eigenvalue weighted by molar-refractivity contribution is 6.36. The largest absolute Gasteiger partial charge is 0.480 e. The summed E-state index contributed by atoms with van der Waals surface area (Å²) in [4.78, 5) is 23.2. The number of amides is 1. The van der Waals surface area contributed by atoms with E-state index in [4.69, 9.17) is 27.6 Å². The van der Waals surface area contributed by atoms with Gasteiger partial charge in [-0.1, -0.05) is 23.2 Å². The summed E-state index contributed by atoms with van der Waals surface area (Å²) in [5, 5.41) is 15.2. The third-order valence-electron chi connectivity index (χ3n) is 3.00. The van der Waals surface area contributed by atoms with Gasteiger partial charge in [0.25, 0.3) is 0 Å². The van der Waals surface area contributed by atoms with E-state index in [1.165, 1.54) is 12.3 Å². The normalized spacial score (nSPS) is 11.9. The molecule has 0 aliphatic rings. The molecule has 1 atom stereocenters. The molecule has 6 nitrogen and oxygen atoms in total. The van der Waals surface area contributed by atoms with Crippen LogP contribution in [0.4, 0.5) is 5.69 Å². The maximum atomic E-state index is 12.0. The Hall–Kier alpha value is -2.02. The predicted octanol–water partition coefficient (Wildman–Crippen LogP) is 3.16. The van der Waals surface area contributed by atoms with Crippen molar-refractivity contribution in [3.8, 4) is 0 Å². The van der Waals surface area contributed by atoms with Gasteiger partial charge < -0.3 is 14.8 Å². The van der Waals surface area contributed by atoms with Gasteiger partial charge in [-0.05, 0) is 30.3 Å². The molecule has 1 heterocycles. The molecule has 1 amide bonds. The first-order chi connectivity index (χ1) is 11.0. The first-order valence-corrected chi connectivity index (χ1v) is 7.45. The maximum absolute atomic E-state index is 12.0. The summed E-state index contributed by atoms with van der Waals surface area (Å²) in [6, 6.07) is 6.97. The van der Waals surface area contributed by atoms with Crippen LogP contribution in [-0.4, -0.2) is 23.0 Å². The van der Waals surface area contributed by atoms with Crippen molar-refractivity contribution in [2.75, 3.05) is 5.32 Å². The predicted molar refractivity (Wildman–Crippen MR) is 86.7 cm³/mol. The SMILES string of the molecule is O=C(CC(NCc1ccco1)C(=O)O)Nc1ccc(Cl)cc1Cl. The molecule has 2 rings (SSSR count). The maximum Gasteiger partial charge on any atom is 0.321 e. The van der Waals surface area contributed by atoms with E-state index in [-0.39, 0.29) is 18.0 Å². The van der Waals surface area contributed by atoms with Crippen molar-refractivity contribution in [3.63, 3.8) is 0 Å². The van der Waals surface area contributed by atoms with Gasteiger partial charge in [-0.15, -0.1) is 0 Å². The van der Waals surface area contributed by atoms with Gasteiger partial charge in [-0.2, -0.15) is 0 Å². The summed E-state index contributed by atoms with van der Waals surface area (Å²) in [5.41, 5.74) is 0.372. The van der Waals surface area contributed by atoms with Crippen molar-refractivity contribution in [2.45, 2.75) is 19.0 Å². The molecule has 0 spiro atoms. The zero-order chi connectivity index (χ0) is 16.8. The minimum atomic E-state index is -1.13. The number of anilines is 1. The van der Waals surface area contributed by atoms with Crippen LogP contribution >= 0.6 is 23.2 Å². The Kier molecular flexibility index (Phi) is 6.04. The number of carboxylic acid groups (broad SMARTS) is 1. The molecule has 122 valence electrons. The minimum absolute atomic E-state index is 0.207. The van der Waals surface area contributed by atoms with Crippen LogP contribution in [0.2, 0.25) is 10.0 Å². The lowest BCUT2D eigenvalue weighted by molar-refractivity contribution is -0.141. The molecule has 0 radical (unpaired) electrons. The van der Waals surface area contributed by atoms with Gasteiger partial charge in [0.1, 0.15) is 11.8 Å². The second-order valence-electron chi connectivity index (χ2n) is 4.73. The van der Waals surface area contributed by atoms with Crippen LogP contribution in [0.15, 0.2) is 41.0 Å². The van der Waals surface area contributed by atoms with E-state index >= 15 is 0 Å². The van der Waals surface area contributed by atoms with Crippen LogP contribution in [0.5, 0.6) is 0 Å². The lowest BCUT2D eigenvalue weighted by atomic mass is 10.2. The summed E-state index contributed by atoms with van der Waals surface area (Å²) in [5.74, 6) is -1.03. The number of carboxylic acids is 1. The van der Waals surface area contributed by atoms with Crippen LogP contribution in [0, 0.1) is 0 Å². The Morgan fingerprint density at radius 3 is 2.65 bits per heavy atom. The van der Waals surface area contributed by atoms with Crippen LogP contribution in [-0.2, 0) is 16.1 Å². The Morgan fingerprint density at radius 2 is 2.04 bits per heavy atom. The topological polar surface area (TPSA) is 91.6 Å². The van der Waals surface area contributed by atoms with Crippen LogP contribution in [0.3, 0.4) is 0 Å². The van der Waals surface area contributed by atoms with E-state index in [1.807, 2.05) is 0 Å². The summed E-state index contributed by atoms with van der Waals surface area (Å²) in [6.07, 6.45) is 1.23. The molecule has 3 N–H and O–H groups in total. The van der Waals surface area contributed by atoms with E-state index in [0.717, 1.165) is 0 Å². The molecule has 0 fully saturated rings. The zero-order valence-corrected chi connectivity index (χ0v) is 13.4. The Labute approximate surface area is 142 Å². The first-order valence-electron chi connectivity index (χ1n) is 6.69. The lowest BCUT2D eigenvalue weighted by Gasteiger charge is -2.14. The zero-order valence-electron chi connectivity index (χ0n) is 11.9. The van der Waals surface area contributed by atoms with Gasteiger partial charge in [-0.25, -0.2) is 0 Å². The second-order valence-corrected chi connectivity index (χ2v) is 5.57. The number of benzene rings is 1. The fourth-order valence-electron chi connectivity index (χ4n) is 1.86. The Bertz CT molecular complexity index is 689. The van der Waals surface area contributed by atoms with Gasteiger partial charge in [0.2, 0.25) is 5.91 Å². The van der Waals surface area contributed by atoms with E-state index in [0.29, 0.717) is 16.5 Å². The van der Waals surface area contributed by atoms with Crippen LogP contribution in [0.1, 0.15) is 12.2 Å². The molecule has 2 aromatic rings. The smallest absolute Gasteiger partial charge is 0.321 e. The monoisotopic (exact) mass is 356 g/mol. The molecular formula is C15H14Cl2N2O4. The van der Waals surface area contributed by atoms with Crippen molar-refractivity contribution in [1.82, 2.24) is 5.32 Å². The fraction of sp³-hybridized carbons (Fsp3) is 0.200. The van der Waals surface area contributed by atoms with Crippen LogP contribution in [0.25, 0.3) is 0 Å². The molecule has 1 aromatic heterocycles. The van der Waals surface area contributed by atoms with Crippen molar-refractivity contribution < 1.29 is 19.1 Å². The average molecular weight is 357 g/mol. The average Bonchev–Trinajstić information content (AvgIpc) is 2.99. The van der Waals surface area contributed by atoms with E-state index < -0.39 is 17.9 Å². The number of hydrogen-bond donors (Lipinski definition) is 3. The Balaban J connectivity index is 1.93. The molecule has 1 unspecified atom stereocenters. The summed E-state index contributed by atoms with van der Waals surface area (Å²) < 4.78 is 5.11. The molecule has 0 aliphatic carbocycles. The molecular weight excluding hydrogens is 343 g/mol. The third-order valence-corrected chi connectivity index (χ3v) is 3.54. The van der Waals surface area contributed by atoms with Gasteiger partial charge >= 0.3 is 5.97 Å². The minimum Gasteiger partial charge on any atom is -0.480 e. The van der Waals surface area contributed by atoms with Crippen LogP contribution < -0.4 is 10.6 Å². The number of nitrogens with one attached hydrogen (secondary N) is 2. The fourth-order valence-corrected chi connectivity index (χ4v) is 2.32. The standard InChI is InChI=1S/C15H14Cl2N2O4/c16-9-3-4-12(11(17)6-9)19-14(20)7-13(15(21)22)18-8-10-2-1-5-23-10/h1-6,13,18H,7-8H2,(H,19,20)(H,21,22). The molecule has 1 aromatic carbocycles. The third kappa shape index (κ3) is 5.28. The van der Waals surface area contributed by atoms with Crippen molar-refractivity contribution in [1.29, 1.82) is 0 Å². The Morgan fingerprint density at radius 1 is 1.26 bits per heavy atom. The number of hydrogen-bond acceptors (Lipinski definition) is 4. The summed E-state index contributed by atoms with van der Waals surface area (Å²) in [7, 11) is 0. The van der Waals surface area contributed by atoms with Gasteiger partial charge in [0, 0.05) is 5.02 Å². The number of halogens is 2. The van der Waals surface area contributed by atoms with Crippen molar-refractivity contribution in [2.24, 2.45) is 0 Å². The molecule has 0 saturated carbocycles. The number of carbonyl (C=O) groups excluding carboxylic acids is 1. The first kappa shape index (κ1) is 17.3. The quantitative estimate of drug-likeness (QED) is 0.708. The van der Waals surface area contributed by atoms with Gasteiger partial charge in [0.15, 0.2) is 0 Å². The highest BCUT2D eigenvalue weighted by Gasteiger charge is 2.21. The number of furan rings is 1. The van der Waals surface area contributed by atoms with E-state index in [1.54, 1.807) is 24.3 Å². The van der Waals surface area contributed by atoms with Gasteiger partial charge in [0.05, 0.1) is 29.9 Å². The number of carbonyl (C=O) groups is 2. The highest BCUT2D eigenvalue weighted by atomic mass is 35.5. The number of aliphatic carboxylic acids is 1. The van der Waals surface area contributed by atoms with E-state index in [2.05, 4.69) is 10.6 Å². The number of rotatable bonds is 7. The summed E-state index contributed by atoms with van der Waals surface area (Å²) in [6.45, 7) is 0.207. The lowest BCUT2D eigenvalue weighted by Crippen LogP contribution is -2.39. The molecule has 0 aliphatic heterocycles. The molecule has 8 heteroatoms. The molecule has 0 saturated heterocycles. The molecule has 23 heavy (non-hydrogen) atoms. The van der Waals surface area contributed by atoms with Crippen molar-refractivity contribution >= 4 is 40.8 Å². The second kappa shape index (κ2) is 8.01. The molecule has 0 bridgehead atoms. The van der Waals surface area contributed by atoms with Gasteiger partial charge in [-0.3, -0.25) is 14.9 Å². The highest BCUT2D eigenvalue weighted by Crippen LogP contribution is 2.25. The van der Waals surface area contributed by atoms with E-state index in [9.17, 15) is 14.7 Å².